The summed E-state index contributed by atoms with van der Waals surface area (Å²) in [6, 6.07) is 7.10. The summed E-state index contributed by atoms with van der Waals surface area (Å²) >= 11 is 5.02. The number of rotatable bonds is 10. The molecule has 146 valence electrons. The van der Waals surface area contributed by atoms with Crippen molar-refractivity contribution in [2.75, 3.05) is 26.9 Å². The Balaban J connectivity index is 1.87. The fourth-order valence-electron chi connectivity index (χ4n) is 2.23. The molecular formula is C19H22BrNO5S. The van der Waals surface area contributed by atoms with Crippen molar-refractivity contribution in [1.82, 2.24) is 5.32 Å². The molecule has 0 bridgehead atoms. The molecule has 0 aliphatic heterocycles. The highest BCUT2D eigenvalue weighted by Gasteiger charge is 2.17. The molecule has 8 heteroatoms. The molecule has 0 radical (unpaired) electrons. The first-order valence-corrected chi connectivity index (χ1v) is 10.2. The molecule has 0 spiro atoms. The van der Waals surface area contributed by atoms with E-state index in [2.05, 4.69) is 21.2 Å². The van der Waals surface area contributed by atoms with Gasteiger partial charge in [0.05, 0.1) is 23.8 Å². The number of ether oxygens (including phenoxy) is 3. The molecule has 1 amide bonds. The predicted octanol–water partition coefficient (Wildman–Crippen LogP) is 3.82. The van der Waals surface area contributed by atoms with Crippen LogP contribution in [0.5, 0.6) is 11.5 Å². The zero-order valence-electron chi connectivity index (χ0n) is 15.2. The van der Waals surface area contributed by atoms with Crippen molar-refractivity contribution in [3.63, 3.8) is 0 Å². The Morgan fingerprint density at radius 1 is 1.30 bits per heavy atom. The van der Waals surface area contributed by atoms with E-state index in [1.54, 1.807) is 17.4 Å². The Kier molecular flexibility index (Phi) is 8.60. The first kappa shape index (κ1) is 21.2. The Bertz CT molecular complexity index is 764. The lowest BCUT2D eigenvalue weighted by Crippen LogP contribution is -2.30. The molecular weight excluding hydrogens is 434 g/mol. The highest BCUT2D eigenvalue weighted by atomic mass is 79.9. The van der Waals surface area contributed by atoms with Gasteiger partial charge >= 0.3 is 5.97 Å². The summed E-state index contributed by atoms with van der Waals surface area (Å²) < 4.78 is 16.6. The zero-order valence-corrected chi connectivity index (χ0v) is 17.7. The molecule has 0 aliphatic carbocycles. The van der Waals surface area contributed by atoms with Crippen LogP contribution in [0, 0.1) is 0 Å². The summed E-state index contributed by atoms with van der Waals surface area (Å²) in [5, 5.41) is 4.72. The zero-order chi connectivity index (χ0) is 19.6. The van der Waals surface area contributed by atoms with E-state index in [1.807, 2.05) is 24.4 Å². The summed E-state index contributed by atoms with van der Waals surface area (Å²) in [6.07, 6.45) is 1.60. The lowest BCUT2D eigenvalue weighted by atomic mass is 10.2. The molecule has 27 heavy (non-hydrogen) atoms. The number of carbonyl (C=O) groups excluding carboxylic acids is 2. The van der Waals surface area contributed by atoms with E-state index in [4.69, 9.17) is 14.2 Å². The van der Waals surface area contributed by atoms with Gasteiger partial charge in [-0.05, 0) is 52.4 Å². The average Bonchev–Trinajstić information content (AvgIpc) is 3.18. The molecule has 0 unspecified atom stereocenters. The second kappa shape index (κ2) is 10.9. The first-order valence-electron chi connectivity index (χ1n) is 8.51. The van der Waals surface area contributed by atoms with Crippen LogP contribution in [0.1, 0.15) is 28.6 Å². The largest absolute Gasteiger partial charge is 0.493 e. The lowest BCUT2D eigenvalue weighted by molar-refractivity contribution is -0.124. The van der Waals surface area contributed by atoms with E-state index in [0.717, 1.165) is 12.8 Å². The van der Waals surface area contributed by atoms with Crippen LogP contribution in [0.4, 0.5) is 0 Å². The second-order valence-corrected chi connectivity index (χ2v) is 7.48. The maximum atomic E-state index is 12.2. The van der Waals surface area contributed by atoms with E-state index in [1.165, 1.54) is 18.1 Å². The van der Waals surface area contributed by atoms with Crippen LogP contribution in [0.15, 0.2) is 34.1 Å². The van der Waals surface area contributed by atoms with Crippen molar-refractivity contribution in [3.05, 3.63) is 44.6 Å². The smallest absolute Gasteiger partial charge is 0.338 e. The van der Waals surface area contributed by atoms with Crippen molar-refractivity contribution in [1.29, 1.82) is 0 Å². The Morgan fingerprint density at radius 2 is 2.11 bits per heavy atom. The third-order valence-corrected chi connectivity index (χ3v) is 5.05. The van der Waals surface area contributed by atoms with Gasteiger partial charge in [-0.3, -0.25) is 4.79 Å². The minimum atomic E-state index is -0.607. The molecule has 0 saturated carbocycles. The second-order valence-electron chi connectivity index (χ2n) is 5.59. The molecule has 1 aromatic heterocycles. The van der Waals surface area contributed by atoms with Gasteiger partial charge in [-0.15, -0.1) is 11.3 Å². The van der Waals surface area contributed by atoms with Crippen molar-refractivity contribution < 1.29 is 23.8 Å². The fourth-order valence-corrected chi connectivity index (χ4v) is 3.49. The molecule has 0 fully saturated rings. The number of halogens is 1. The number of benzene rings is 1. The Hall–Kier alpha value is -2.06. The highest BCUT2D eigenvalue weighted by Crippen LogP contribution is 2.37. The standard InChI is InChI=1S/C19H22BrNO5S/c1-3-8-25-18-15(20)10-13(11-16(18)24-2)19(23)26-12-17(22)21-7-6-14-5-4-9-27-14/h4-5,9-11H,3,6-8,12H2,1-2H3,(H,21,22). The van der Waals surface area contributed by atoms with Gasteiger partial charge in [-0.25, -0.2) is 4.79 Å². The van der Waals surface area contributed by atoms with Gasteiger partial charge in [0.2, 0.25) is 0 Å². The van der Waals surface area contributed by atoms with Crippen LogP contribution < -0.4 is 14.8 Å². The van der Waals surface area contributed by atoms with Gasteiger partial charge in [-0.2, -0.15) is 0 Å². The van der Waals surface area contributed by atoms with Crippen molar-refractivity contribution in [3.8, 4) is 11.5 Å². The molecule has 0 saturated heterocycles. The number of thiophene rings is 1. The quantitative estimate of drug-likeness (QED) is 0.551. The molecule has 1 heterocycles. The van der Waals surface area contributed by atoms with Gasteiger partial charge in [0.1, 0.15) is 0 Å². The SMILES string of the molecule is CCCOc1c(Br)cc(C(=O)OCC(=O)NCCc2cccs2)cc1OC. The summed E-state index contributed by atoms with van der Waals surface area (Å²) in [4.78, 5) is 25.3. The van der Waals surface area contributed by atoms with E-state index in [0.29, 0.717) is 29.1 Å². The van der Waals surface area contributed by atoms with Crippen LogP contribution in [0.2, 0.25) is 0 Å². The Morgan fingerprint density at radius 3 is 2.78 bits per heavy atom. The summed E-state index contributed by atoms with van der Waals surface area (Å²) in [7, 11) is 1.50. The molecule has 2 aromatic rings. The maximum absolute atomic E-state index is 12.2. The number of esters is 1. The summed E-state index contributed by atoms with van der Waals surface area (Å²) in [5.41, 5.74) is 0.272. The number of nitrogens with one attached hydrogen (secondary N) is 1. The number of amides is 1. The van der Waals surface area contributed by atoms with Crippen LogP contribution in [0.3, 0.4) is 0 Å². The van der Waals surface area contributed by atoms with Crippen LogP contribution in [0.25, 0.3) is 0 Å². The van der Waals surface area contributed by atoms with Gasteiger partial charge < -0.3 is 19.5 Å². The van der Waals surface area contributed by atoms with E-state index in [9.17, 15) is 9.59 Å². The van der Waals surface area contributed by atoms with Gasteiger partial charge in [0.25, 0.3) is 5.91 Å². The minimum Gasteiger partial charge on any atom is -0.493 e. The third-order valence-electron chi connectivity index (χ3n) is 3.52. The number of hydrogen-bond acceptors (Lipinski definition) is 6. The predicted molar refractivity (Wildman–Crippen MR) is 108 cm³/mol. The molecule has 6 nitrogen and oxygen atoms in total. The van der Waals surface area contributed by atoms with Gasteiger partial charge in [0.15, 0.2) is 18.1 Å². The third kappa shape index (κ3) is 6.55. The molecule has 2 rings (SSSR count). The molecule has 0 atom stereocenters. The lowest BCUT2D eigenvalue weighted by Gasteiger charge is -2.13. The topological polar surface area (TPSA) is 73.9 Å². The van der Waals surface area contributed by atoms with Crippen LogP contribution >= 0.6 is 27.3 Å². The molecule has 0 aliphatic rings. The van der Waals surface area contributed by atoms with E-state index in [-0.39, 0.29) is 18.1 Å². The van der Waals surface area contributed by atoms with Crippen LogP contribution in [-0.4, -0.2) is 38.7 Å². The Labute approximate surface area is 170 Å². The summed E-state index contributed by atoms with van der Waals surface area (Å²) in [6.45, 7) is 2.69. The number of hydrogen-bond donors (Lipinski definition) is 1. The van der Waals surface area contributed by atoms with E-state index >= 15 is 0 Å². The molecule has 1 N–H and O–H groups in total. The van der Waals surface area contributed by atoms with Gasteiger partial charge in [-0.1, -0.05) is 13.0 Å². The highest BCUT2D eigenvalue weighted by molar-refractivity contribution is 9.10. The number of methoxy groups -OCH3 is 1. The first-order chi connectivity index (χ1) is 13.0. The minimum absolute atomic E-state index is 0.272. The molecule has 1 aromatic carbocycles. The normalized spacial score (nSPS) is 10.3. The van der Waals surface area contributed by atoms with Crippen molar-refractivity contribution in [2.45, 2.75) is 19.8 Å². The number of carbonyl (C=O) groups is 2. The summed E-state index contributed by atoms with van der Waals surface area (Å²) in [5.74, 6) is 0.00526. The van der Waals surface area contributed by atoms with Crippen molar-refractivity contribution in [2.24, 2.45) is 0 Å². The fraction of sp³-hybridized carbons (Fsp3) is 0.368. The maximum Gasteiger partial charge on any atom is 0.338 e. The van der Waals surface area contributed by atoms with Crippen molar-refractivity contribution >= 4 is 39.1 Å². The van der Waals surface area contributed by atoms with Crippen LogP contribution in [-0.2, 0) is 16.0 Å². The monoisotopic (exact) mass is 455 g/mol. The van der Waals surface area contributed by atoms with E-state index < -0.39 is 5.97 Å². The average molecular weight is 456 g/mol. The van der Waals surface area contributed by atoms with Gasteiger partial charge in [0, 0.05) is 11.4 Å².